The summed E-state index contributed by atoms with van der Waals surface area (Å²) < 4.78 is 5.03. The first-order chi connectivity index (χ1) is 8.11. The van der Waals surface area contributed by atoms with E-state index >= 15 is 0 Å². The van der Waals surface area contributed by atoms with E-state index in [1.165, 1.54) is 0 Å². The number of ether oxygens (including phenoxy) is 1. The SMILES string of the molecule is CC(C)(C)OC(=O)NC(N)CCC[C@H](N)C(=O)O. The first kappa shape index (κ1) is 16.7. The van der Waals surface area contributed by atoms with Crippen LogP contribution in [0.15, 0.2) is 0 Å². The molecule has 0 aliphatic carbocycles. The minimum absolute atomic E-state index is 0.318. The fourth-order valence-electron chi connectivity index (χ4n) is 1.21. The van der Waals surface area contributed by atoms with Crippen molar-refractivity contribution in [1.82, 2.24) is 5.32 Å². The highest BCUT2D eigenvalue weighted by molar-refractivity contribution is 5.72. The lowest BCUT2D eigenvalue weighted by Gasteiger charge is -2.22. The number of carbonyl (C=O) groups excluding carboxylic acids is 1. The van der Waals surface area contributed by atoms with Crippen LogP contribution in [0.5, 0.6) is 0 Å². The van der Waals surface area contributed by atoms with Gasteiger partial charge in [0.05, 0.1) is 6.17 Å². The number of hydrogen-bond acceptors (Lipinski definition) is 5. The lowest BCUT2D eigenvalue weighted by Crippen LogP contribution is -2.44. The van der Waals surface area contributed by atoms with Gasteiger partial charge >= 0.3 is 12.1 Å². The molecule has 7 heteroatoms. The Labute approximate surface area is 107 Å². The van der Waals surface area contributed by atoms with Crippen molar-refractivity contribution in [1.29, 1.82) is 0 Å². The van der Waals surface area contributed by atoms with Gasteiger partial charge in [-0.3, -0.25) is 4.79 Å². The Balaban J connectivity index is 3.81. The Kier molecular flexibility index (Phi) is 6.64. The summed E-state index contributed by atoms with van der Waals surface area (Å²) in [5.41, 5.74) is 10.4. The summed E-state index contributed by atoms with van der Waals surface area (Å²) in [5, 5.41) is 11.0. The van der Waals surface area contributed by atoms with Gasteiger partial charge in [0.15, 0.2) is 0 Å². The summed E-state index contributed by atoms with van der Waals surface area (Å²) >= 11 is 0. The molecule has 0 spiro atoms. The smallest absolute Gasteiger partial charge is 0.408 e. The largest absolute Gasteiger partial charge is 0.480 e. The molecule has 106 valence electrons. The second-order valence-corrected chi connectivity index (χ2v) is 5.13. The van der Waals surface area contributed by atoms with Gasteiger partial charge in [-0.2, -0.15) is 0 Å². The number of nitrogens with one attached hydrogen (secondary N) is 1. The van der Waals surface area contributed by atoms with Crippen molar-refractivity contribution >= 4 is 12.1 Å². The molecule has 0 saturated heterocycles. The fourth-order valence-corrected chi connectivity index (χ4v) is 1.21. The number of amides is 1. The molecule has 0 aromatic heterocycles. The van der Waals surface area contributed by atoms with Crippen LogP contribution in [-0.2, 0) is 9.53 Å². The van der Waals surface area contributed by atoms with Gasteiger partial charge in [-0.05, 0) is 40.0 Å². The van der Waals surface area contributed by atoms with E-state index in [-0.39, 0.29) is 0 Å². The highest BCUT2D eigenvalue weighted by atomic mass is 16.6. The van der Waals surface area contributed by atoms with Crippen LogP contribution in [0.3, 0.4) is 0 Å². The maximum atomic E-state index is 11.3. The van der Waals surface area contributed by atoms with Gasteiger partial charge in [-0.1, -0.05) is 0 Å². The Hall–Kier alpha value is -1.34. The Morgan fingerprint density at radius 3 is 2.28 bits per heavy atom. The normalized spacial score (nSPS) is 14.7. The topological polar surface area (TPSA) is 128 Å². The van der Waals surface area contributed by atoms with Crippen molar-refractivity contribution in [3.63, 3.8) is 0 Å². The molecule has 0 aromatic carbocycles. The molecule has 0 saturated carbocycles. The van der Waals surface area contributed by atoms with Crippen molar-refractivity contribution in [3.05, 3.63) is 0 Å². The maximum absolute atomic E-state index is 11.3. The quantitative estimate of drug-likeness (QED) is 0.512. The molecule has 18 heavy (non-hydrogen) atoms. The summed E-state index contributed by atoms with van der Waals surface area (Å²) in [4.78, 5) is 21.8. The average Bonchev–Trinajstić information content (AvgIpc) is 2.13. The third kappa shape index (κ3) is 8.77. The molecule has 1 amide bonds. The Morgan fingerprint density at radius 1 is 1.28 bits per heavy atom. The van der Waals surface area contributed by atoms with Gasteiger partial charge in [-0.25, -0.2) is 4.79 Å². The molecular weight excluding hydrogens is 238 g/mol. The summed E-state index contributed by atoms with van der Waals surface area (Å²) in [6, 6.07) is -0.890. The van der Waals surface area contributed by atoms with Crippen LogP contribution in [0.2, 0.25) is 0 Å². The van der Waals surface area contributed by atoms with Crippen molar-refractivity contribution in [3.8, 4) is 0 Å². The second-order valence-electron chi connectivity index (χ2n) is 5.13. The number of hydrogen-bond donors (Lipinski definition) is 4. The number of carboxylic acid groups (broad SMARTS) is 1. The van der Waals surface area contributed by atoms with E-state index in [0.29, 0.717) is 19.3 Å². The van der Waals surface area contributed by atoms with E-state index in [9.17, 15) is 9.59 Å². The number of aliphatic carboxylic acids is 1. The van der Waals surface area contributed by atoms with Crippen LogP contribution >= 0.6 is 0 Å². The second kappa shape index (κ2) is 7.17. The Bertz CT molecular complexity index is 289. The number of alkyl carbamates (subject to hydrolysis) is 1. The van der Waals surface area contributed by atoms with Crippen molar-refractivity contribution in [2.75, 3.05) is 0 Å². The lowest BCUT2D eigenvalue weighted by molar-refractivity contribution is -0.138. The van der Waals surface area contributed by atoms with E-state index in [2.05, 4.69) is 5.32 Å². The maximum Gasteiger partial charge on any atom is 0.408 e. The zero-order valence-electron chi connectivity index (χ0n) is 11.1. The van der Waals surface area contributed by atoms with Crippen LogP contribution in [0.25, 0.3) is 0 Å². The van der Waals surface area contributed by atoms with Crippen LogP contribution in [-0.4, -0.2) is 35.0 Å². The molecule has 0 aliphatic heterocycles. The van der Waals surface area contributed by atoms with Crippen LogP contribution in [0.4, 0.5) is 4.79 Å². The summed E-state index contributed by atoms with van der Waals surface area (Å²) in [6.45, 7) is 5.26. The molecule has 7 nitrogen and oxygen atoms in total. The van der Waals surface area contributed by atoms with Gasteiger partial charge < -0.3 is 26.6 Å². The molecule has 0 bridgehead atoms. The predicted octanol–water partition coefficient (Wildman–Crippen LogP) is 0.378. The molecule has 0 radical (unpaired) electrons. The van der Waals surface area contributed by atoms with Crippen LogP contribution in [0.1, 0.15) is 40.0 Å². The van der Waals surface area contributed by atoms with Gasteiger partial charge in [-0.15, -0.1) is 0 Å². The Morgan fingerprint density at radius 2 is 1.83 bits per heavy atom. The van der Waals surface area contributed by atoms with Gasteiger partial charge in [0.2, 0.25) is 0 Å². The third-order valence-electron chi connectivity index (χ3n) is 2.05. The molecule has 1 unspecified atom stereocenters. The van der Waals surface area contributed by atoms with E-state index in [1.54, 1.807) is 20.8 Å². The highest BCUT2D eigenvalue weighted by Gasteiger charge is 2.18. The first-order valence-electron chi connectivity index (χ1n) is 5.85. The van der Waals surface area contributed by atoms with Crippen molar-refractivity contribution in [2.45, 2.75) is 57.8 Å². The molecule has 0 heterocycles. The van der Waals surface area contributed by atoms with E-state index < -0.39 is 29.9 Å². The van der Waals surface area contributed by atoms with Gasteiger partial charge in [0, 0.05) is 0 Å². The molecular formula is C11H23N3O4. The minimum Gasteiger partial charge on any atom is -0.480 e. The number of carbonyl (C=O) groups is 2. The lowest BCUT2D eigenvalue weighted by atomic mass is 10.1. The number of carboxylic acids is 1. The summed E-state index contributed by atoms with van der Waals surface area (Å²) in [5.74, 6) is -1.04. The molecule has 0 aromatic rings. The predicted molar refractivity (Wildman–Crippen MR) is 66.8 cm³/mol. The van der Waals surface area contributed by atoms with E-state index in [4.69, 9.17) is 21.3 Å². The van der Waals surface area contributed by atoms with Gasteiger partial charge in [0.25, 0.3) is 0 Å². The number of nitrogens with two attached hydrogens (primary N) is 2. The van der Waals surface area contributed by atoms with Gasteiger partial charge in [0.1, 0.15) is 11.6 Å². The standard InChI is InChI=1S/C11H23N3O4/c1-11(2,3)18-10(17)14-8(13)6-4-5-7(12)9(15)16/h7-8H,4-6,12-13H2,1-3H3,(H,14,17)(H,15,16)/t7-,8?/m0/s1. The highest BCUT2D eigenvalue weighted by Crippen LogP contribution is 2.07. The zero-order valence-corrected chi connectivity index (χ0v) is 11.1. The van der Waals surface area contributed by atoms with E-state index in [1.807, 2.05) is 0 Å². The average molecular weight is 261 g/mol. The molecule has 0 aliphatic rings. The first-order valence-corrected chi connectivity index (χ1v) is 5.85. The third-order valence-corrected chi connectivity index (χ3v) is 2.05. The minimum atomic E-state index is -1.04. The molecule has 0 fully saturated rings. The summed E-state index contributed by atoms with van der Waals surface area (Å²) in [7, 11) is 0. The number of rotatable bonds is 6. The molecule has 0 rings (SSSR count). The van der Waals surface area contributed by atoms with Crippen molar-refractivity contribution in [2.24, 2.45) is 11.5 Å². The fraction of sp³-hybridized carbons (Fsp3) is 0.818. The summed E-state index contributed by atoms with van der Waals surface area (Å²) in [6.07, 6.45) is 0.127. The zero-order chi connectivity index (χ0) is 14.3. The van der Waals surface area contributed by atoms with Crippen LogP contribution < -0.4 is 16.8 Å². The molecule has 6 N–H and O–H groups in total. The monoisotopic (exact) mass is 261 g/mol. The molecule has 2 atom stereocenters. The van der Waals surface area contributed by atoms with Crippen molar-refractivity contribution < 1.29 is 19.4 Å². The van der Waals surface area contributed by atoms with Crippen LogP contribution in [0, 0.1) is 0 Å². The van der Waals surface area contributed by atoms with E-state index in [0.717, 1.165) is 0 Å².